The minimum Gasteiger partial charge on any atom is -0.324 e. The van der Waals surface area contributed by atoms with E-state index in [4.69, 9.17) is 5.73 Å². The Bertz CT molecular complexity index is 624. The molecule has 0 aromatic heterocycles. The van der Waals surface area contributed by atoms with Gasteiger partial charge in [0, 0.05) is 12.2 Å². The Hall–Kier alpha value is -2.17. The molecule has 0 aliphatic heterocycles. The molecule has 0 aliphatic carbocycles. The summed E-state index contributed by atoms with van der Waals surface area (Å²) in [6.45, 7) is 7.18. The summed E-state index contributed by atoms with van der Waals surface area (Å²) in [5.74, 6) is -0.198. The van der Waals surface area contributed by atoms with Crippen molar-refractivity contribution in [3.8, 4) is 0 Å². The second-order valence-corrected chi connectivity index (χ2v) is 5.54. The standard InChI is InChI=1S/C19H25N3O/c1-3-22(4-2)14-15-9-8-12-17(13-15)21-19(23)18(20)16-10-6-5-7-11-16/h5-13,18H,3-4,14,20H2,1-2H3,(H,21,23). The van der Waals surface area contributed by atoms with E-state index in [1.54, 1.807) is 0 Å². The predicted octanol–water partition coefficient (Wildman–Crippen LogP) is 3.17. The summed E-state index contributed by atoms with van der Waals surface area (Å²) in [6, 6.07) is 16.7. The fourth-order valence-electron chi connectivity index (χ4n) is 2.48. The van der Waals surface area contributed by atoms with Crippen LogP contribution < -0.4 is 11.1 Å². The van der Waals surface area contributed by atoms with Crippen molar-refractivity contribution in [1.82, 2.24) is 4.90 Å². The van der Waals surface area contributed by atoms with Gasteiger partial charge in [-0.1, -0.05) is 56.3 Å². The first-order valence-corrected chi connectivity index (χ1v) is 8.06. The molecule has 0 aliphatic rings. The van der Waals surface area contributed by atoms with E-state index in [9.17, 15) is 4.79 Å². The van der Waals surface area contributed by atoms with Crippen molar-refractivity contribution in [2.45, 2.75) is 26.4 Å². The molecule has 2 aromatic carbocycles. The zero-order chi connectivity index (χ0) is 16.7. The lowest BCUT2D eigenvalue weighted by molar-refractivity contribution is -0.117. The van der Waals surface area contributed by atoms with E-state index in [1.165, 1.54) is 5.56 Å². The predicted molar refractivity (Wildman–Crippen MR) is 95.1 cm³/mol. The zero-order valence-electron chi connectivity index (χ0n) is 13.8. The Morgan fingerprint density at radius 2 is 1.78 bits per heavy atom. The first-order chi connectivity index (χ1) is 11.1. The van der Waals surface area contributed by atoms with Crippen LogP contribution in [0.5, 0.6) is 0 Å². The summed E-state index contributed by atoms with van der Waals surface area (Å²) in [7, 11) is 0. The molecule has 0 fully saturated rings. The Morgan fingerprint density at radius 3 is 2.43 bits per heavy atom. The number of nitrogens with one attached hydrogen (secondary N) is 1. The van der Waals surface area contributed by atoms with Gasteiger partial charge in [0.1, 0.15) is 6.04 Å². The molecule has 4 heteroatoms. The van der Waals surface area contributed by atoms with Crippen molar-refractivity contribution in [1.29, 1.82) is 0 Å². The third-order valence-corrected chi connectivity index (χ3v) is 3.94. The van der Waals surface area contributed by atoms with Crippen LogP contribution in [0.1, 0.15) is 31.0 Å². The molecule has 0 saturated heterocycles. The maximum absolute atomic E-state index is 12.3. The largest absolute Gasteiger partial charge is 0.324 e. The molecule has 1 amide bonds. The van der Waals surface area contributed by atoms with Gasteiger partial charge >= 0.3 is 0 Å². The second kappa shape index (κ2) is 8.46. The number of carbonyl (C=O) groups is 1. The maximum Gasteiger partial charge on any atom is 0.245 e. The second-order valence-electron chi connectivity index (χ2n) is 5.54. The van der Waals surface area contributed by atoms with Crippen LogP contribution in [0, 0.1) is 0 Å². The van der Waals surface area contributed by atoms with Crippen molar-refractivity contribution in [3.05, 3.63) is 65.7 Å². The van der Waals surface area contributed by atoms with E-state index >= 15 is 0 Å². The first-order valence-electron chi connectivity index (χ1n) is 8.06. The minimum atomic E-state index is -0.664. The molecule has 23 heavy (non-hydrogen) atoms. The highest BCUT2D eigenvalue weighted by atomic mass is 16.2. The Balaban J connectivity index is 2.03. The van der Waals surface area contributed by atoms with Crippen LogP contribution in [-0.2, 0) is 11.3 Å². The van der Waals surface area contributed by atoms with E-state index < -0.39 is 6.04 Å². The molecule has 3 N–H and O–H groups in total. The normalized spacial score (nSPS) is 12.2. The topological polar surface area (TPSA) is 58.4 Å². The van der Waals surface area contributed by atoms with E-state index in [1.807, 2.05) is 48.5 Å². The van der Waals surface area contributed by atoms with Crippen LogP contribution in [0.4, 0.5) is 5.69 Å². The molecule has 0 bridgehead atoms. The van der Waals surface area contributed by atoms with Crippen LogP contribution in [-0.4, -0.2) is 23.9 Å². The number of amides is 1. The molecular formula is C19H25N3O. The third-order valence-electron chi connectivity index (χ3n) is 3.94. The fourth-order valence-corrected chi connectivity index (χ4v) is 2.48. The van der Waals surface area contributed by atoms with Crippen molar-refractivity contribution in [2.75, 3.05) is 18.4 Å². The number of rotatable bonds is 7. The number of hydrogen-bond donors (Lipinski definition) is 2. The van der Waals surface area contributed by atoms with Crippen LogP contribution in [0.25, 0.3) is 0 Å². The third kappa shape index (κ3) is 4.91. The van der Waals surface area contributed by atoms with Crippen molar-refractivity contribution < 1.29 is 4.79 Å². The molecule has 122 valence electrons. The quantitative estimate of drug-likeness (QED) is 0.826. The highest BCUT2D eigenvalue weighted by Gasteiger charge is 2.15. The highest BCUT2D eigenvalue weighted by Crippen LogP contribution is 2.16. The van der Waals surface area contributed by atoms with Gasteiger partial charge < -0.3 is 11.1 Å². The number of nitrogens with zero attached hydrogens (tertiary/aromatic N) is 1. The molecule has 0 saturated carbocycles. The lowest BCUT2D eigenvalue weighted by Gasteiger charge is -2.18. The smallest absolute Gasteiger partial charge is 0.245 e. The van der Waals surface area contributed by atoms with Crippen LogP contribution >= 0.6 is 0 Å². The van der Waals surface area contributed by atoms with Gasteiger partial charge in [-0.25, -0.2) is 0 Å². The number of benzene rings is 2. The molecular weight excluding hydrogens is 286 g/mol. The molecule has 2 rings (SSSR count). The molecule has 1 unspecified atom stereocenters. The molecule has 0 spiro atoms. The van der Waals surface area contributed by atoms with Gasteiger partial charge in [0.25, 0.3) is 0 Å². The fraction of sp³-hybridized carbons (Fsp3) is 0.316. The van der Waals surface area contributed by atoms with Gasteiger partial charge in [-0.05, 0) is 36.3 Å². The lowest BCUT2D eigenvalue weighted by atomic mass is 10.1. The van der Waals surface area contributed by atoms with Gasteiger partial charge in [-0.2, -0.15) is 0 Å². The SMILES string of the molecule is CCN(CC)Cc1cccc(NC(=O)C(N)c2ccccc2)c1. The summed E-state index contributed by atoms with van der Waals surface area (Å²) < 4.78 is 0. The van der Waals surface area contributed by atoms with Crippen molar-refractivity contribution in [3.63, 3.8) is 0 Å². The van der Waals surface area contributed by atoms with Gasteiger partial charge in [0.15, 0.2) is 0 Å². The van der Waals surface area contributed by atoms with E-state index in [0.29, 0.717) is 0 Å². The van der Waals surface area contributed by atoms with E-state index in [-0.39, 0.29) is 5.91 Å². The van der Waals surface area contributed by atoms with Crippen LogP contribution in [0.3, 0.4) is 0 Å². The first kappa shape index (κ1) is 17.2. The molecule has 2 aromatic rings. The van der Waals surface area contributed by atoms with Crippen molar-refractivity contribution >= 4 is 11.6 Å². The summed E-state index contributed by atoms with van der Waals surface area (Å²) in [6.07, 6.45) is 0. The zero-order valence-corrected chi connectivity index (χ0v) is 13.8. The Kier molecular flexibility index (Phi) is 6.32. The van der Waals surface area contributed by atoms with Gasteiger partial charge in [-0.15, -0.1) is 0 Å². The maximum atomic E-state index is 12.3. The van der Waals surface area contributed by atoms with Gasteiger partial charge in [0.05, 0.1) is 0 Å². The Morgan fingerprint density at radius 1 is 1.09 bits per heavy atom. The number of hydrogen-bond acceptors (Lipinski definition) is 3. The minimum absolute atomic E-state index is 0.198. The monoisotopic (exact) mass is 311 g/mol. The summed E-state index contributed by atoms with van der Waals surface area (Å²) >= 11 is 0. The van der Waals surface area contributed by atoms with E-state index in [0.717, 1.165) is 30.9 Å². The average Bonchev–Trinajstić information content (AvgIpc) is 2.60. The van der Waals surface area contributed by atoms with Crippen LogP contribution in [0.15, 0.2) is 54.6 Å². The van der Waals surface area contributed by atoms with Crippen molar-refractivity contribution in [2.24, 2.45) is 5.73 Å². The Labute approximate surface area is 138 Å². The number of anilines is 1. The number of carbonyl (C=O) groups excluding carboxylic acids is 1. The van der Waals surface area contributed by atoms with E-state index in [2.05, 4.69) is 30.1 Å². The highest BCUT2D eigenvalue weighted by molar-refractivity contribution is 5.95. The summed E-state index contributed by atoms with van der Waals surface area (Å²) in [5.41, 5.74) is 8.80. The summed E-state index contributed by atoms with van der Waals surface area (Å²) in [5, 5.41) is 2.91. The van der Waals surface area contributed by atoms with Crippen LogP contribution in [0.2, 0.25) is 0 Å². The van der Waals surface area contributed by atoms with Gasteiger partial charge in [0.2, 0.25) is 5.91 Å². The summed E-state index contributed by atoms with van der Waals surface area (Å²) in [4.78, 5) is 14.6. The number of nitrogens with two attached hydrogens (primary N) is 1. The molecule has 0 radical (unpaired) electrons. The molecule has 4 nitrogen and oxygen atoms in total. The molecule has 0 heterocycles. The van der Waals surface area contributed by atoms with Gasteiger partial charge in [-0.3, -0.25) is 9.69 Å². The molecule has 1 atom stereocenters. The average molecular weight is 311 g/mol. The lowest BCUT2D eigenvalue weighted by Crippen LogP contribution is -2.27.